The highest BCUT2D eigenvalue weighted by Crippen LogP contribution is 2.37. The van der Waals surface area contributed by atoms with Gasteiger partial charge >= 0.3 is 0 Å². The molecular weight excluding hydrogens is 317 g/mol. The molecular formula is C12H16INS. The highest BCUT2D eigenvalue weighted by molar-refractivity contribution is 14.1. The Kier molecular flexibility index (Phi) is 3.05. The molecule has 1 heterocycles. The molecule has 1 saturated carbocycles. The standard InChI is InChI=1S/C12H16INS/c13-12-7-9-10(14-8-3-1-4-8)5-2-6-11(9)15-12/h7-8,10,14H,1-6H2. The van der Waals surface area contributed by atoms with E-state index in [1.165, 1.54) is 41.4 Å². The summed E-state index contributed by atoms with van der Waals surface area (Å²) in [4.78, 5) is 1.64. The molecule has 1 fully saturated rings. The van der Waals surface area contributed by atoms with Gasteiger partial charge in [-0.15, -0.1) is 11.3 Å². The van der Waals surface area contributed by atoms with Crippen LogP contribution in [0.2, 0.25) is 0 Å². The maximum absolute atomic E-state index is 3.83. The van der Waals surface area contributed by atoms with Crippen molar-refractivity contribution in [3.8, 4) is 0 Å². The Morgan fingerprint density at radius 1 is 1.27 bits per heavy atom. The van der Waals surface area contributed by atoms with Crippen LogP contribution in [0.1, 0.15) is 48.6 Å². The fraction of sp³-hybridized carbons (Fsp3) is 0.667. The van der Waals surface area contributed by atoms with Gasteiger partial charge < -0.3 is 5.32 Å². The first-order chi connectivity index (χ1) is 7.33. The summed E-state index contributed by atoms with van der Waals surface area (Å²) < 4.78 is 1.46. The summed E-state index contributed by atoms with van der Waals surface area (Å²) in [5, 5.41) is 3.83. The van der Waals surface area contributed by atoms with Crippen LogP contribution in [-0.2, 0) is 6.42 Å². The summed E-state index contributed by atoms with van der Waals surface area (Å²) in [5.74, 6) is 0. The minimum atomic E-state index is 0.666. The van der Waals surface area contributed by atoms with Crippen LogP contribution in [0.25, 0.3) is 0 Å². The molecule has 3 rings (SSSR count). The third-order valence-electron chi connectivity index (χ3n) is 3.63. The molecule has 1 nitrogen and oxygen atoms in total. The number of halogens is 1. The maximum Gasteiger partial charge on any atom is 0.0659 e. The van der Waals surface area contributed by atoms with Gasteiger partial charge in [0.15, 0.2) is 0 Å². The van der Waals surface area contributed by atoms with Gasteiger partial charge in [0.25, 0.3) is 0 Å². The van der Waals surface area contributed by atoms with E-state index in [9.17, 15) is 0 Å². The van der Waals surface area contributed by atoms with Crippen LogP contribution < -0.4 is 5.32 Å². The Hall–Kier alpha value is 0.390. The van der Waals surface area contributed by atoms with E-state index in [2.05, 4.69) is 34.0 Å². The van der Waals surface area contributed by atoms with E-state index in [-0.39, 0.29) is 0 Å². The minimum Gasteiger partial charge on any atom is -0.307 e. The van der Waals surface area contributed by atoms with Crippen LogP contribution in [0.3, 0.4) is 0 Å². The molecule has 1 unspecified atom stereocenters. The lowest BCUT2D eigenvalue weighted by Crippen LogP contribution is -2.38. The first-order valence-electron chi connectivity index (χ1n) is 5.87. The maximum atomic E-state index is 3.83. The summed E-state index contributed by atoms with van der Waals surface area (Å²) in [6.07, 6.45) is 8.24. The molecule has 3 heteroatoms. The van der Waals surface area contributed by atoms with Gasteiger partial charge in [-0.25, -0.2) is 0 Å². The lowest BCUT2D eigenvalue weighted by molar-refractivity contribution is 0.291. The zero-order chi connectivity index (χ0) is 10.3. The number of hydrogen-bond acceptors (Lipinski definition) is 2. The van der Waals surface area contributed by atoms with E-state index >= 15 is 0 Å². The average molecular weight is 333 g/mol. The van der Waals surface area contributed by atoms with E-state index in [1.54, 1.807) is 10.4 Å². The molecule has 1 atom stereocenters. The van der Waals surface area contributed by atoms with Crippen molar-refractivity contribution >= 4 is 33.9 Å². The summed E-state index contributed by atoms with van der Waals surface area (Å²) in [6, 6.07) is 3.88. The van der Waals surface area contributed by atoms with Gasteiger partial charge in [0.2, 0.25) is 0 Å². The first kappa shape index (κ1) is 10.5. The lowest BCUT2D eigenvalue weighted by atomic mass is 9.88. The second kappa shape index (κ2) is 4.34. The van der Waals surface area contributed by atoms with Gasteiger partial charge in [-0.1, -0.05) is 6.42 Å². The van der Waals surface area contributed by atoms with Gasteiger partial charge in [-0.2, -0.15) is 0 Å². The lowest BCUT2D eigenvalue weighted by Gasteiger charge is -2.33. The predicted octanol–water partition coefficient (Wildman–Crippen LogP) is 3.87. The summed E-state index contributed by atoms with van der Waals surface area (Å²) in [6.45, 7) is 0. The van der Waals surface area contributed by atoms with Crippen molar-refractivity contribution in [1.29, 1.82) is 0 Å². The van der Waals surface area contributed by atoms with Gasteiger partial charge in [0.05, 0.1) is 2.88 Å². The largest absolute Gasteiger partial charge is 0.307 e. The molecule has 0 bridgehead atoms. The number of thiophene rings is 1. The summed E-state index contributed by atoms with van der Waals surface area (Å²) in [7, 11) is 0. The van der Waals surface area contributed by atoms with Gasteiger partial charge in [-0.05, 0) is 66.3 Å². The summed E-state index contributed by atoms with van der Waals surface area (Å²) in [5.41, 5.74) is 1.61. The Morgan fingerprint density at radius 2 is 2.13 bits per heavy atom. The van der Waals surface area contributed by atoms with Crippen molar-refractivity contribution in [1.82, 2.24) is 5.32 Å². The zero-order valence-corrected chi connectivity index (χ0v) is 11.7. The molecule has 2 aliphatic rings. The number of fused-ring (bicyclic) bond motifs is 1. The molecule has 2 aliphatic carbocycles. The molecule has 0 spiro atoms. The third-order valence-corrected chi connectivity index (χ3v) is 5.60. The van der Waals surface area contributed by atoms with Crippen LogP contribution in [0.5, 0.6) is 0 Å². The molecule has 0 saturated heterocycles. The van der Waals surface area contributed by atoms with E-state index < -0.39 is 0 Å². The molecule has 82 valence electrons. The molecule has 15 heavy (non-hydrogen) atoms. The van der Waals surface area contributed by atoms with Crippen LogP contribution in [0.15, 0.2) is 6.07 Å². The third kappa shape index (κ3) is 2.11. The molecule has 1 N–H and O–H groups in total. The van der Waals surface area contributed by atoms with Crippen molar-refractivity contribution in [3.05, 3.63) is 19.4 Å². The number of aryl methyl sites for hydroxylation is 1. The van der Waals surface area contributed by atoms with E-state index in [0.29, 0.717) is 6.04 Å². The van der Waals surface area contributed by atoms with Gasteiger partial charge in [0.1, 0.15) is 0 Å². The molecule has 0 radical (unpaired) electrons. The predicted molar refractivity (Wildman–Crippen MR) is 73.5 cm³/mol. The second-order valence-corrected chi connectivity index (χ2v) is 7.70. The molecule has 0 amide bonds. The quantitative estimate of drug-likeness (QED) is 0.810. The van der Waals surface area contributed by atoms with Crippen LogP contribution in [-0.4, -0.2) is 6.04 Å². The zero-order valence-electron chi connectivity index (χ0n) is 8.76. The minimum absolute atomic E-state index is 0.666. The van der Waals surface area contributed by atoms with Gasteiger partial charge in [-0.3, -0.25) is 0 Å². The molecule has 1 aromatic rings. The number of hydrogen-bond donors (Lipinski definition) is 1. The Balaban J connectivity index is 1.78. The van der Waals surface area contributed by atoms with Crippen molar-refractivity contribution in [3.63, 3.8) is 0 Å². The SMILES string of the molecule is Ic1cc2c(s1)CCCC2NC1CCC1. The van der Waals surface area contributed by atoms with Crippen molar-refractivity contribution in [2.24, 2.45) is 0 Å². The normalized spacial score (nSPS) is 26.1. The van der Waals surface area contributed by atoms with Crippen LogP contribution in [0.4, 0.5) is 0 Å². The first-order valence-corrected chi connectivity index (χ1v) is 7.76. The monoisotopic (exact) mass is 333 g/mol. The number of nitrogens with one attached hydrogen (secondary N) is 1. The van der Waals surface area contributed by atoms with Gasteiger partial charge in [0, 0.05) is 17.0 Å². The molecule has 0 aliphatic heterocycles. The Morgan fingerprint density at radius 3 is 2.87 bits per heavy atom. The van der Waals surface area contributed by atoms with E-state index in [4.69, 9.17) is 0 Å². The Labute approximate surface area is 109 Å². The fourth-order valence-corrected chi connectivity index (χ4v) is 4.67. The summed E-state index contributed by atoms with van der Waals surface area (Å²) >= 11 is 4.45. The molecule has 0 aromatic carbocycles. The molecule has 1 aromatic heterocycles. The van der Waals surface area contributed by atoms with Crippen molar-refractivity contribution in [2.75, 3.05) is 0 Å². The van der Waals surface area contributed by atoms with Crippen molar-refractivity contribution < 1.29 is 0 Å². The smallest absolute Gasteiger partial charge is 0.0659 e. The Bertz CT molecular complexity index is 357. The van der Waals surface area contributed by atoms with Crippen molar-refractivity contribution in [2.45, 2.75) is 50.6 Å². The van der Waals surface area contributed by atoms with E-state index in [1.807, 2.05) is 11.3 Å². The highest BCUT2D eigenvalue weighted by atomic mass is 127. The average Bonchev–Trinajstić information content (AvgIpc) is 2.52. The van der Waals surface area contributed by atoms with Crippen LogP contribution in [0, 0.1) is 2.88 Å². The fourth-order valence-electron chi connectivity index (χ4n) is 2.55. The highest BCUT2D eigenvalue weighted by Gasteiger charge is 2.26. The number of rotatable bonds is 2. The van der Waals surface area contributed by atoms with Crippen LogP contribution >= 0.6 is 33.9 Å². The topological polar surface area (TPSA) is 12.0 Å². The van der Waals surface area contributed by atoms with E-state index in [0.717, 1.165) is 6.04 Å². The second-order valence-electron chi connectivity index (χ2n) is 4.67.